The van der Waals surface area contributed by atoms with Crippen LogP contribution in [0.1, 0.15) is 38.3 Å². The number of rotatable bonds is 5. The Bertz CT molecular complexity index is 853. The molecule has 3 rings (SSSR count). The molecule has 0 unspecified atom stereocenters. The fourth-order valence-corrected chi connectivity index (χ4v) is 2.99. The second-order valence-electron chi connectivity index (χ2n) is 7.63. The van der Waals surface area contributed by atoms with E-state index in [0.29, 0.717) is 5.56 Å². The van der Waals surface area contributed by atoms with E-state index in [-0.39, 0.29) is 18.7 Å². The molecule has 1 aliphatic heterocycles. The number of hydrogen-bond acceptors (Lipinski definition) is 5. The Labute approximate surface area is 159 Å². The van der Waals surface area contributed by atoms with Crippen molar-refractivity contribution < 1.29 is 19.1 Å². The summed E-state index contributed by atoms with van der Waals surface area (Å²) in [6.07, 6.45) is 0.0938. The van der Waals surface area contributed by atoms with E-state index >= 15 is 0 Å². The molecule has 0 aliphatic carbocycles. The maximum atomic E-state index is 12.8. The molecule has 1 aliphatic rings. The van der Waals surface area contributed by atoms with Gasteiger partial charge in [0.1, 0.15) is 5.60 Å². The van der Waals surface area contributed by atoms with Crippen LogP contribution in [-0.2, 0) is 25.5 Å². The number of hydrogen-bond donors (Lipinski definition) is 0. The minimum absolute atomic E-state index is 0.172. The zero-order chi connectivity index (χ0) is 19.5. The van der Waals surface area contributed by atoms with E-state index in [9.17, 15) is 9.59 Å². The predicted octanol–water partition coefficient (Wildman–Crippen LogP) is 3.70. The molecule has 27 heavy (non-hydrogen) atoms. The highest BCUT2D eigenvalue weighted by Gasteiger charge is 2.48. The lowest BCUT2D eigenvalue weighted by molar-refractivity contribution is -0.159. The molecule has 2 aromatic rings. The van der Waals surface area contributed by atoms with Crippen LogP contribution in [0.2, 0.25) is 0 Å². The van der Waals surface area contributed by atoms with Gasteiger partial charge in [-0.25, -0.2) is 9.79 Å². The first kappa shape index (κ1) is 18.8. The first-order chi connectivity index (χ1) is 12.8. The SMILES string of the molecule is CC(C)(C)OC(=O)C[C@]1(Cc2ccccc2)N=C(c2ccccc2)OC1=O. The lowest BCUT2D eigenvalue weighted by atomic mass is 9.88. The van der Waals surface area contributed by atoms with Crippen molar-refractivity contribution in [2.24, 2.45) is 4.99 Å². The molecule has 0 saturated carbocycles. The third-order valence-corrected chi connectivity index (χ3v) is 4.10. The van der Waals surface area contributed by atoms with Crippen LogP contribution in [0.15, 0.2) is 65.7 Å². The molecule has 5 heteroatoms. The van der Waals surface area contributed by atoms with E-state index in [4.69, 9.17) is 9.47 Å². The van der Waals surface area contributed by atoms with Crippen molar-refractivity contribution in [3.63, 3.8) is 0 Å². The Morgan fingerprint density at radius 1 is 1.04 bits per heavy atom. The molecule has 1 heterocycles. The van der Waals surface area contributed by atoms with Crippen LogP contribution in [0.25, 0.3) is 0 Å². The van der Waals surface area contributed by atoms with Crippen molar-refractivity contribution in [2.75, 3.05) is 0 Å². The first-order valence-electron chi connectivity index (χ1n) is 8.91. The molecule has 0 bridgehead atoms. The maximum Gasteiger partial charge on any atom is 0.341 e. The topological polar surface area (TPSA) is 65.0 Å². The molecule has 0 N–H and O–H groups in total. The van der Waals surface area contributed by atoms with Crippen molar-refractivity contribution in [2.45, 2.75) is 44.8 Å². The summed E-state index contributed by atoms with van der Waals surface area (Å²) >= 11 is 0. The van der Waals surface area contributed by atoms with Crippen molar-refractivity contribution >= 4 is 17.8 Å². The highest BCUT2D eigenvalue weighted by molar-refractivity contribution is 6.09. The van der Waals surface area contributed by atoms with Gasteiger partial charge in [0.15, 0.2) is 5.54 Å². The van der Waals surface area contributed by atoms with E-state index < -0.39 is 23.1 Å². The molecule has 0 radical (unpaired) electrons. The number of benzene rings is 2. The highest BCUT2D eigenvalue weighted by Crippen LogP contribution is 2.32. The maximum absolute atomic E-state index is 12.8. The van der Waals surface area contributed by atoms with Gasteiger partial charge < -0.3 is 9.47 Å². The van der Waals surface area contributed by atoms with Gasteiger partial charge in [0.25, 0.3) is 0 Å². The normalized spacial score (nSPS) is 19.4. The van der Waals surface area contributed by atoms with E-state index in [0.717, 1.165) is 5.56 Å². The van der Waals surface area contributed by atoms with Crippen molar-refractivity contribution in [3.05, 3.63) is 71.8 Å². The summed E-state index contributed by atoms with van der Waals surface area (Å²) in [6, 6.07) is 18.7. The van der Waals surface area contributed by atoms with Crippen LogP contribution < -0.4 is 0 Å². The Hall–Kier alpha value is -2.95. The van der Waals surface area contributed by atoms with Crippen LogP contribution in [0.3, 0.4) is 0 Å². The summed E-state index contributed by atoms with van der Waals surface area (Å²) in [5.41, 5.74) is -0.366. The molecule has 140 valence electrons. The Balaban J connectivity index is 1.95. The standard InChI is InChI=1S/C22H23NO4/c1-21(2,3)27-18(24)15-22(14-16-10-6-4-7-11-16)20(25)26-19(23-22)17-12-8-5-9-13-17/h4-13H,14-15H2,1-3H3/t22-/m0/s1. The number of ether oxygens (including phenoxy) is 2. The summed E-state index contributed by atoms with van der Waals surface area (Å²) < 4.78 is 10.9. The zero-order valence-electron chi connectivity index (χ0n) is 15.8. The van der Waals surface area contributed by atoms with Gasteiger partial charge in [0, 0.05) is 12.0 Å². The Kier molecular flexibility index (Phi) is 5.13. The van der Waals surface area contributed by atoms with Crippen molar-refractivity contribution in [1.82, 2.24) is 0 Å². The quantitative estimate of drug-likeness (QED) is 0.758. The number of cyclic esters (lactones) is 1. The van der Waals surface area contributed by atoms with Crippen LogP contribution >= 0.6 is 0 Å². The first-order valence-corrected chi connectivity index (χ1v) is 8.91. The largest absolute Gasteiger partial charge is 0.460 e. The third-order valence-electron chi connectivity index (χ3n) is 4.10. The minimum atomic E-state index is -1.32. The molecule has 5 nitrogen and oxygen atoms in total. The van der Waals surface area contributed by atoms with Gasteiger partial charge in [0.05, 0.1) is 6.42 Å². The average Bonchev–Trinajstić information content (AvgIpc) is 2.91. The Morgan fingerprint density at radius 2 is 1.63 bits per heavy atom. The number of carbonyl (C=O) groups is 2. The smallest absolute Gasteiger partial charge is 0.341 e. The van der Waals surface area contributed by atoms with Crippen LogP contribution in [0, 0.1) is 0 Å². The fraction of sp³-hybridized carbons (Fsp3) is 0.318. The molecular weight excluding hydrogens is 342 g/mol. The van der Waals surface area contributed by atoms with Gasteiger partial charge in [-0.1, -0.05) is 48.5 Å². The van der Waals surface area contributed by atoms with Crippen molar-refractivity contribution in [3.8, 4) is 0 Å². The van der Waals surface area contributed by atoms with E-state index in [1.165, 1.54) is 0 Å². The second-order valence-corrected chi connectivity index (χ2v) is 7.63. The average molecular weight is 365 g/mol. The number of aliphatic imine (C=N–C) groups is 1. The molecule has 0 amide bonds. The summed E-state index contributed by atoms with van der Waals surface area (Å²) in [7, 11) is 0. The molecule has 1 atom stereocenters. The molecule has 0 fully saturated rings. The number of nitrogens with zero attached hydrogens (tertiary/aromatic N) is 1. The molecule has 0 aromatic heterocycles. The zero-order valence-corrected chi connectivity index (χ0v) is 15.8. The van der Waals surface area contributed by atoms with E-state index in [1.807, 2.05) is 60.7 Å². The third kappa shape index (κ3) is 4.61. The summed E-state index contributed by atoms with van der Waals surface area (Å²) in [5.74, 6) is -0.774. The molecule has 2 aromatic carbocycles. The summed E-state index contributed by atoms with van der Waals surface area (Å²) in [4.78, 5) is 29.9. The second kappa shape index (κ2) is 7.35. The fourth-order valence-electron chi connectivity index (χ4n) is 2.99. The predicted molar refractivity (Wildman–Crippen MR) is 102 cm³/mol. The monoisotopic (exact) mass is 365 g/mol. The van der Waals surface area contributed by atoms with Crippen molar-refractivity contribution in [1.29, 1.82) is 0 Å². The molecule has 0 saturated heterocycles. The number of esters is 2. The highest BCUT2D eigenvalue weighted by atomic mass is 16.6. The van der Waals surface area contributed by atoms with E-state index in [1.54, 1.807) is 20.8 Å². The summed E-state index contributed by atoms with van der Waals surface area (Å²) in [5, 5.41) is 0. The van der Waals surface area contributed by atoms with Gasteiger partial charge in [0.2, 0.25) is 5.90 Å². The van der Waals surface area contributed by atoms with Crippen LogP contribution in [-0.4, -0.2) is 29.0 Å². The van der Waals surface area contributed by atoms with Gasteiger partial charge in [-0.2, -0.15) is 0 Å². The van der Waals surface area contributed by atoms with Gasteiger partial charge in [-0.05, 0) is 38.5 Å². The lowest BCUT2D eigenvalue weighted by Crippen LogP contribution is -2.40. The van der Waals surface area contributed by atoms with Gasteiger partial charge in [-0.15, -0.1) is 0 Å². The number of carbonyl (C=O) groups excluding carboxylic acids is 2. The van der Waals surface area contributed by atoms with Crippen LogP contribution in [0.5, 0.6) is 0 Å². The lowest BCUT2D eigenvalue weighted by Gasteiger charge is -2.25. The van der Waals surface area contributed by atoms with E-state index in [2.05, 4.69) is 4.99 Å². The molecule has 0 spiro atoms. The minimum Gasteiger partial charge on any atom is -0.460 e. The van der Waals surface area contributed by atoms with Crippen LogP contribution in [0.4, 0.5) is 0 Å². The van der Waals surface area contributed by atoms with Gasteiger partial charge >= 0.3 is 11.9 Å². The molecular formula is C22H23NO4. The Morgan fingerprint density at radius 3 is 2.22 bits per heavy atom. The summed E-state index contributed by atoms with van der Waals surface area (Å²) in [6.45, 7) is 5.38. The van der Waals surface area contributed by atoms with Gasteiger partial charge in [-0.3, -0.25) is 4.79 Å².